The molecule has 0 unspecified atom stereocenters. The number of pyridine rings is 1. The summed E-state index contributed by atoms with van der Waals surface area (Å²) in [5, 5.41) is 4.40. The van der Waals surface area contributed by atoms with E-state index in [2.05, 4.69) is 23.9 Å². The number of hydrogen-bond donors (Lipinski definition) is 1. The lowest BCUT2D eigenvalue weighted by Crippen LogP contribution is -2.04. The highest BCUT2D eigenvalue weighted by molar-refractivity contribution is 5.46. The number of nitrogen functional groups attached to an aromatic ring is 1. The lowest BCUT2D eigenvalue weighted by atomic mass is 10.3. The predicted molar refractivity (Wildman–Crippen MR) is 70.3 cm³/mol. The fourth-order valence-electron chi connectivity index (χ4n) is 1.58. The van der Waals surface area contributed by atoms with E-state index >= 15 is 0 Å². The molecular weight excluding hydrogens is 228 g/mol. The van der Waals surface area contributed by atoms with Gasteiger partial charge < -0.3 is 10.5 Å². The number of hydrogen-bond acceptors (Lipinski definition) is 4. The first-order valence-corrected chi connectivity index (χ1v) is 5.96. The molecule has 2 heterocycles. The molecule has 2 aromatic rings. The fraction of sp³-hybridized carbons (Fsp3) is 0.385. The Morgan fingerprint density at radius 1 is 1.33 bits per heavy atom. The first-order chi connectivity index (χ1) is 8.56. The Morgan fingerprint density at radius 2 is 2.11 bits per heavy atom. The van der Waals surface area contributed by atoms with Crippen LogP contribution in [0.1, 0.15) is 31.3 Å². The summed E-state index contributed by atoms with van der Waals surface area (Å²) >= 11 is 0. The van der Waals surface area contributed by atoms with Gasteiger partial charge in [-0.25, -0.2) is 4.98 Å². The summed E-state index contributed by atoms with van der Waals surface area (Å²) < 4.78 is 7.51. The molecule has 2 N–H and O–H groups in total. The van der Waals surface area contributed by atoms with Gasteiger partial charge in [0.05, 0.1) is 5.69 Å². The van der Waals surface area contributed by atoms with Crippen molar-refractivity contribution in [1.82, 2.24) is 14.8 Å². The van der Waals surface area contributed by atoms with E-state index in [9.17, 15) is 0 Å². The van der Waals surface area contributed by atoms with Gasteiger partial charge in [0.25, 0.3) is 0 Å². The van der Waals surface area contributed by atoms with Crippen LogP contribution in [0.15, 0.2) is 24.4 Å². The van der Waals surface area contributed by atoms with E-state index in [1.165, 1.54) is 0 Å². The second-order valence-electron chi connectivity index (χ2n) is 4.51. The number of anilines is 1. The van der Waals surface area contributed by atoms with Gasteiger partial charge in [-0.05, 0) is 39.0 Å². The topological polar surface area (TPSA) is 66.0 Å². The Morgan fingerprint density at radius 3 is 2.72 bits per heavy atom. The minimum Gasteiger partial charge on any atom is -0.483 e. The van der Waals surface area contributed by atoms with Gasteiger partial charge in [-0.1, -0.05) is 0 Å². The third kappa shape index (κ3) is 2.80. The van der Waals surface area contributed by atoms with Crippen LogP contribution in [0.3, 0.4) is 0 Å². The predicted octanol–water partition coefficient (Wildman–Crippen LogP) is 2.33. The van der Waals surface area contributed by atoms with Crippen LogP contribution in [-0.4, -0.2) is 14.8 Å². The molecule has 0 aliphatic heterocycles. The number of aromatic nitrogens is 3. The highest BCUT2D eigenvalue weighted by Gasteiger charge is 2.05. The van der Waals surface area contributed by atoms with Crippen molar-refractivity contribution < 1.29 is 4.74 Å². The van der Waals surface area contributed by atoms with Crippen molar-refractivity contribution in [3.63, 3.8) is 0 Å². The number of nitrogens with zero attached hydrogens (tertiary/aromatic N) is 3. The molecule has 0 bridgehead atoms. The summed E-state index contributed by atoms with van der Waals surface area (Å²) in [6.45, 7) is 6.46. The number of nitrogens with two attached hydrogens (primary N) is 1. The fourth-order valence-corrected chi connectivity index (χ4v) is 1.58. The second-order valence-corrected chi connectivity index (χ2v) is 4.51. The second kappa shape index (κ2) is 5.08. The molecule has 96 valence electrons. The summed E-state index contributed by atoms with van der Waals surface area (Å²) in [5.41, 5.74) is 7.53. The zero-order valence-electron chi connectivity index (χ0n) is 10.9. The number of ether oxygens (including phenoxy) is 1. The smallest absolute Gasteiger partial charge is 0.166 e. The third-order valence-corrected chi connectivity index (χ3v) is 2.59. The quantitative estimate of drug-likeness (QED) is 0.899. The Balaban J connectivity index is 2.02. The molecular formula is C13H18N4O. The van der Waals surface area contributed by atoms with Gasteiger partial charge in [0.2, 0.25) is 0 Å². The van der Waals surface area contributed by atoms with E-state index < -0.39 is 0 Å². The summed E-state index contributed by atoms with van der Waals surface area (Å²) in [6.07, 6.45) is 1.94. The van der Waals surface area contributed by atoms with Crippen molar-refractivity contribution in [2.24, 2.45) is 0 Å². The summed E-state index contributed by atoms with van der Waals surface area (Å²) in [4.78, 5) is 4.15. The Labute approximate surface area is 107 Å². The number of rotatable bonds is 4. The van der Waals surface area contributed by atoms with Gasteiger partial charge in [0, 0.05) is 17.9 Å². The standard InChI is InChI=1S/C13H18N4O/c1-9(2)17-7-6-11(16-17)8-18-12-5-4-10(3)15-13(12)14/h4-7,9H,8H2,1-3H3,(H2,14,15). The molecule has 0 fully saturated rings. The SMILES string of the molecule is Cc1ccc(OCc2ccn(C(C)C)n2)c(N)n1. The van der Waals surface area contributed by atoms with Crippen LogP contribution in [0.4, 0.5) is 5.82 Å². The van der Waals surface area contributed by atoms with Gasteiger partial charge >= 0.3 is 0 Å². The molecule has 0 saturated carbocycles. The van der Waals surface area contributed by atoms with Crippen LogP contribution in [0.5, 0.6) is 5.75 Å². The van der Waals surface area contributed by atoms with E-state index in [4.69, 9.17) is 10.5 Å². The molecule has 0 aromatic carbocycles. The molecule has 0 spiro atoms. The molecule has 5 nitrogen and oxygen atoms in total. The van der Waals surface area contributed by atoms with Crippen LogP contribution in [0.2, 0.25) is 0 Å². The van der Waals surface area contributed by atoms with Crippen LogP contribution in [-0.2, 0) is 6.61 Å². The van der Waals surface area contributed by atoms with Crippen molar-refractivity contribution in [2.45, 2.75) is 33.4 Å². The van der Waals surface area contributed by atoms with Gasteiger partial charge in [0.15, 0.2) is 11.6 Å². The lowest BCUT2D eigenvalue weighted by molar-refractivity contribution is 0.299. The third-order valence-electron chi connectivity index (χ3n) is 2.59. The molecule has 5 heteroatoms. The van der Waals surface area contributed by atoms with Crippen molar-refractivity contribution >= 4 is 5.82 Å². The maximum atomic E-state index is 5.78. The first-order valence-electron chi connectivity index (χ1n) is 5.96. The highest BCUT2D eigenvalue weighted by atomic mass is 16.5. The Kier molecular flexibility index (Phi) is 3.50. The Bertz CT molecular complexity index is 534. The lowest BCUT2D eigenvalue weighted by Gasteiger charge is -2.07. The summed E-state index contributed by atoms with van der Waals surface area (Å²) in [7, 11) is 0. The van der Waals surface area contributed by atoms with Gasteiger partial charge in [-0.3, -0.25) is 4.68 Å². The minimum atomic E-state index is 0.352. The van der Waals surface area contributed by atoms with Crippen molar-refractivity contribution in [3.05, 3.63) is 35.8 Å². The van der Waals surface area contributed by atoms with Gasteiger partial charge in [0.1, 0.15) is 6.61 Å². The average molecular weight is 246 g/mol. The van der Waals surface area contributed by atoms with Crippen LogP contribution in [0.25, 0.3) is 0 Å². The molecule has 0 amide bonds. The molecule has 2 aromatic heterocycles. The largest absolute Gasteiger partial charge is 0.483 e. The normalized spacial score (nSPS) is 10.9. The van der Waals surface area contributed by atoms with E-state index in [1.54, 1.807) is 0 Å². The van der Waals surface area contributed by atoms with Crippen molar-refractivity contribution in [2.75, 3.05) is 5.73 Å². The summed E-state index contributed by atoms with van der Waals surface area (Å²) in [6, 6.07) is 6.00. The van der Waals surface area contributed by atoms with Crippen LogP contribution < -0.4 is 10.5 Å². The van der Waals surface area contributed by atoms with Crippen molar-refractivity contribution in [1.29, 1.82) is 0 Å². The van der Waals surface area contributed by atoms with E-state index in [0.29, 0.717) is 24.2 Å². The zero-order chi connectivity index (χ0) is 13.1. The molecule has 0 atom stereocenters. The molecule has 0 saturated heterocycles. The summed E-state index contributed by atoms with van der Waals surface area (Å²) in [5.74, 6) is 1.01. The minimum absolute atomic E-state index is 0.352. The van der Waals surface area contributed by atoms with Crippen LogP contribution >= 0.6 is 0 Å². The van der Waals surface area contributed by atoms with E-state index in [0.717, 1.165) is 11.4 Å². The van der Waals surface area contributed by atoms with E-state index in [1.807, 2.05) is 36.0 Å². The molecule has 2 rings (SSSR count). The average Bonchev–Trinajstić information content (AvgIpc) is 2.76. The van der Waals surface area contributed by atoms with E-state index in [-0.39, 0.29) is 0 Å². The molecule has 0 aliphatic rings. The maximum absolute atomic E-state index is 5.78. The zero-order valence-corrected chi connectivity index (χ0v) is 10.9. The van der Waals surface area contributed by atoms with Gasteiger partial charge in [-0.2, -0.15) is 5.10 Å². The Hall–Kier alpha value is -2.04. The molecule has 0 aliphatic carbocycles. The van der Waals surface area contributed by atoms with Gasteiger partial charge in [-0.15, -0.1) is 0 Å². The van der Waals surface area contributed by atoms with Crippen LogP contribution in [0, 0.1) is 6.92 Å². The number of aryl methyl sites for hydroxylation is 1. The maximum Gasteiger partial charge on any atom is 0.166 e. The van der Waals surface area contributed by atoms with Crippen molar-refractivity contribution in [3.8, 4) is 5.75 Å². The molecule has 0 radical (unpaired) electrons. The molecule has 18 heavy (non-hydrogen) atoms. The monoisotopic (exact) mass is 246 g/mol. The highest BCUT2D eigenvalue weighted by Crippen LogP contribution is 2.19. The first kappa shape index (κ1) is 12.4.